The summed E-state index contributed by atoms with van der Waals surface area (Å²) in [6.45, 7) is 0. The molecular weight excluding hydrogens is 290 g/mol. The maximum Gasteiger partial charge on any atom is 0.244 e. The van der Waals surface area contributed by atoms with E-state index in [1.807, 2.05) is 30.3 Å². The zero-order chi connectivity index (χ0) is 12.8. The fourth-order valence-corrected chi connectivity index (χ4v) is 2.69. The molecular formula is C15H18BrNO. The predicted molar refractivity (Wildman–Crippen MR) is 78.2 cm³/mol. The van der Waals surface area contributed by atoms with Crippen molar-refractivity contribution in [1.82, 2.24) is 5.32 Å². The Bertz CT molecular complexity index is 436. The summed E-state index contributed by atoms with van der Waals surface area (Å²) >= 11 is 3.46. The highest BCUT2D eigenvalue weighted by molar-refractivity contribution is 9.10. The summed E-state index contributed by atoms with van der Waals surface area (Å²) in [4.78, 5) is 11.8. The summed E-state index contributed by atoms with van der Waals surface area (Å²) < 4.78 is 1.01. The van der Waals surface area contributed by atoms with E-state index >= 15 is 0 Å². The summed E-state index contributed by atoms with van der Waals surface area (Å²) in [5, 5.41) is 3.07. The van der Waals surface area contributed by atoms with Gasteiger partial charge in [-0.05, 0) is 30.5 Å². The van der Waals surface area contributed by atoms with Gasteiger partial charge in [-0.1, -0.05) is 53.4 Å². The lowest BCUT2D eigenvalue weighted by atomic mass is 9.95. The molecule has 1 aliphatic carbocycles. The topological polar surface area (TPSA) is 29.1 Å². The zero-order valence-electron chi connectivity index (χ0n) is 10.4. The summed E-state index contributed by atoms with van der Waals surface area (Å²) in [5.41, 5.74) is 1.02. The van der Waals surface area contributed by atoms with E-state index in [0.29, 0.717) is 6.04 Å². The first-order chi connectivity index (χ1) is 8.75. The Morgan fingerprint density at radius 3 is 2.67 bits per heavy atom. The van der Waals surface area contributed by atoms with Crippen LogP contribution in [0.15, 0.2) is 34.8 Å². The predicted octanol–water partition coefficient (Wildman–Crippen LogP) is 3.91. The highest BCUT2D eigenvalue weighted by atomic mass is 79.9. The maximum atomic E-state index is 11.8. The minimum absolute atomic E-state index is 0.0117. The van der Waals surface area contributed by atoms with Crippen molar-refractivity contribution in [2.24, 2.45) is 0 Å². The molecule has 1 fully saturated rings. The molecule has 3 heteroatoms. The molecule has 0 radical (unpaired) electrons. The number of carbonyl (C=O) groups excluding carboxylic acids is 1. The molecule has 0 spiro atoms. The Morgan fingerprint density at radius 1 is 1.22 bits per heavy atom. The molecule has 1 aliphatic rings. The van der Waals surface area contributed by atoms with Crippen LogP contribution in [0.25, 0.3) is 6.08 Å². The third-order valence-corrected chi connectivity index (χ3v) is 3.99. The van der Waals surface area contributed by atoms with Crippen molar-refractivity contribution in [2.45, 2.75) is 38.1 Å². The van der Waals surface area contributed by atoms with Crippen LogP contribution < -0.4 is 5.32 Å². The second-order valence-corrected chi connectivity index (χ2v) is 5.55. The standard InChI is InChI=1S/C15H18BrNO/c16-14-9-5-4-6-12(14)10-11-15(18)17-13-7-2-1-3-8-13/h4-6,9-11,13H,1-3,7-8H2,(H,17,18). The lowest BCUT2D eigenvalue weighted by molar-refractivity contribution is -0.117. The molecule has 0 aliphatic heterocycles. The first-order valence-corrected chi connectivity index (χ1v) is 7.28. The van der Waals surface area contributed by atoms with Gasteiger partial charge in [0, 0.05) is 16.6 Å². The second-order valence-electron chi connectivity index (χ2n) is 4.70. The van der Waals surface area contributed by atoms with Crippen LogP contribution in [0.5, 0.6) is 0 Å². The van der Waals surface area contributed by atoms with Gasteiger partial charge in [-0.3, -0.25) is 4.79 Å². The number of nitrogens with one attached hydrogen (secondary N) is 1. The van der Waals surface area contributed by atoms with Crippen LogP contribution in [-0.4, -0.2) is 11.9 Å². The summed E-state index contributed by atoms with van der Waals surface area (Å²) in [6.07, 6.45) is 9.48. The van der Waals surface area contributed by atoms with Gasteiger partial charge >= 0.3 is 0 Å². The molecule has 2 rings (SSSR count). The van der Waals surface area contributed by atoms with Crippen LogP contribution in [-0.2, 0) is 4.79 Å². The van der Waals surface area contributed by atoms with Gasteiger partial charge in [0.05, 0.1) is 0 Å². The van der Waals surface area contributed by atoms with Gasteiger partial charge in [-0.2, -0.15) is 0 Å². The van der Waals surface area contributed by atoms with E-state index < -0.39 is 0 Å². The molecule has 96 valence electrons. The highest BCUT2D eigenvalue weighted by Gasteiger charge is 2.14. The van der Waals surface area contributed by atoms with Crippen LogP contribution in [0, 0.1) is 0 Å². The lowest BCUT2D eigenvalue weighted by Gasteiger charge is -2.21. The van der Waals surface area contributed by atoms with E-state index in [1.165, 1.54) is 19.3 Å². The maximum absolute atomic E-state index is 11.8. The van der Waals surface area contributed by atoms with Crippen molar-refractivity contribution in [3.63, 3.8) is 0 Å². The Kier molecular flexibility index (Phi) is 5.00. The number of carbonyl (C=O) groups is 1. The van der Waals surface area contributed by atoms with Crippen LogP contribution in [0.4, 0.5) is 0 Å². The fraction of sp³-hybridized carbons (Fsp3) is 0.400. The molecule has 1 N–H and O–H groups in total. The van der Waals surface area contributed by atoms with Crippen LogP contribution >= 0.6 is 15.9 Å². The zero-order valence-corrected chi connectivity index (χ0v) is 11.9. The monoisotopic (exact) mass is 307 g/mol. The number of halogens is 1. The average Bonchev–Trinajstić information content (AvgIpc) is 2.39. The number of rotatable bonds is 3. The summed E-state index contributed by atoms with van der Waals surface area (Å²) in [5.74, 6) is 0.0117. The molecule has 0 heterocycles. The minimum Gasteiger partial charge on any atom is -0.350 e. The highest BCUT2D eigenvalue weighted by Crippen LogP contribution is 2.18. The normalized spacial score (nSPS) is 16.9. The quantitative estimate of drug-likeness (QED) is 0.843. The minimum atomic E-state index is 0.0117. The van der Waals surface area contributed by atoms with Gasteiger partial charge in [-0.25, -0.2) is 0 Å². The van der Waals surface area contributed by atoms with E-state index in [1.54, 1.807) is 6.08 Å². The van der Waals surface area contributed by atoms with Crippen molar-refractivity contribution in [1.29, 1.82) is 0 Å². The molecule has 18 heavy (non-hydrogen) atoms. The molecule has 0 atom stereocenters. The Balaban J connectivity index is 1.88. The van der Waals surface area contributed by atoms with Gasteiger partial charge in [0.2, 0.25) is 5.91 Å². The molecule has 0 bridgehead atoms. The molecule has 0 saturated heterocycles. The summed E-state index contributed by atoms with van der Waals surface area (Å²) in [7, 11) is 0. The van der Waals surface area contributed by atoms with Crippen molar-refractivity contribution < 1.29 is 4.79 Å². The first kappa shape index (κ1) is 13.3. The fourth-order valence-electron chi connectivity index (χ4n) is 2.27. The average molecular weight is 308 g/mol. The van der Waals surface area contributed by atoms with Gasteiger partial charge < -0.3 is 5.32 Å². The van der Waals surface area contributed by atoms with Gasteiger partial charge in [0.15, 0.2) is 0 Å². The third-order valence-electron chi connectivity index (χ3n) is 3.27. The van der Waals surface area contributed by atoms with Gasteiger partial charge in [-0.15, -0.1) is 0 Å². The molecule has 1 aromatic rings. The molecule has 1 aromatic carbocycles. The van der Waals surface area contributed by atoms with Crippen LogP contribution in [0.3, 0.4) is 0 Å². The van der Waals surface area contributed by atoms with Crippen molar-refractivity contribution in [3.8, 4) is 0 Å². The third kappa shape index (κ3) is 3.98. The first-order valence-electron chi connectivity index (χ1n) is 6.49. The second kappa shape index (κ2) is 6.74. The largest absolute Gasteiger partial charge is 0.350 e. The molecule has 2 nitrogen and oxygen atoms in total. The Labute approximate surface area is 117 Å². The van der Waals surface area contributed by atoms with E-state index in [4.69, 9.17) is 0 Å². The molecule has 0 unspecified atom stereocenters. The number of hydrogen-bond acceptors (Lipinski definition) is 1. The number of benzene rings is 1. The van der Waals surface area contributed by atoms with Gasteiger partial charge in [0.1, 0.15) is 0 Å². The van der Waals surface area contributed by atoms with E-state index in [9.17, 15) is 4.79 Å². The van der Waals surface area contributed by atoms with Crippen molar-refractivity contribution >= 4 is 27.9 Å². The van der Waals surface area contributed by atoms with Crippen molar-refractivity contribution in [3.05, 3.63) is 40.4 Å². The molecule has 1 amide bonds. The van der Waals surface area contributed by atoms with E-state index in [2.05, 4.69) is 21.2 Å². The molecule has 1 saturated carbocycles. The SMILES string of the molecule is O=C(C=Cc1ccccc1Br)NC1CCCCC1. The van der Waals surface area contributed by atoms with Gasteiger partial charge in [0.25, 0.3) is 0 Å². The number of amides is 1. The van der Waals surface area contributed by atoms with E-state index in [0.717, 1.165) is 22.9 Å². The van der Waals surface area contributed by atoms with Crippen LogP contribution in [0.1, 0.15) is 37.7 Å². The Morgan fingerprint density at radius 2 is 1.94 bits per heavy atom. The van der Waals surface area contributed by atoms with Crippen LogP contribution in [0.2, 0.25) is 0 Å². The lowest BCUT2D eigenvalue weighted by Crippen LogP contribution is -2.34. The van der Waals surface area contributed by atoms with E-state index in [-0.39, 0.29) is 5.91 Å². The van der Waals surface area contributed by atoms with Crippen molar-refractivity contribution in [2.75, 3.05) is 0 Å². The summed E-state index contributed by atoms with van der Waals surface area (Å²) in [6, 6.07) is 8.25. The molecule has 0 aromatic heterocycles. The Hall–Kier alpha value is -1.09. The number of hydrogen-bond donors (Lipinski definition) is 1. The smallest absolute Gasteiger partial charge is 0.244 e.